The van der Waals surface area contributed by atoms with Gasteiger partial charge in [0.15, 0.2) is 0 Å². The van der Waals surface area contributed by atoms with E-state index in [1.807, 2.05) is 45.3 Å². The molecule has 2 atom stereocenters. The van der Waals surface area contributed by atoms with Gasteiger partial charge in [0.2, 0.25) is 0 Å². The molecule has 3 radical (unpaired) electrons. The number of rotatable bonds is 10. The Bertz CT molecular complexity index is 2450. The first-order valence-electron chi connectivity index (χ1n) is 20.9. The van der Waals surface area contributed by atoms with Crippen LogP contribution in [-0.4, -0.2) is 68.1 Å². The van der Waals surface area contributed by atoms with Gasteiger partial charge in [-0.15, -0.1) is 0 Å². The molecule has 4 aromatic heterocycles. The predicted octanol–water partition coefficient (Wildman–Crippen LogP) is 1.88. The molecule has 2 N–H and O–H groups in total. The minimum absolute atomic E-state index is 0. The largest absolute Gasteiger partial charge is 1.00 e. The van der Waals surface area contributed by atoms with E-state index in [1.165, 1.54) is 26.3 Å². The average Bonchev–Trinajstić information content (AvgIpc) is 3.27. The summed E-state index contributed by atoms with van der Waals surface area (Å²) >= 11 is 3.32. The van der Waals surface area contributed by atoms with Gasteiger partial charge < -0.3 is 21.6 Å². The Morgan fingerprint density at radius 3 is 1.42 bits per heavy atom. The van der Waals surface area contributed by atoms with Crippen molar-refractivity contribution in [3.8, 4) is 11.3 Å². The van der Waals surface area contributed by atoms with Crippen LogP contribution in [0.4, 0.5) is 0 Å². The summed E-state index contributed by atoms with van der Waals surface area (Å²) < 4.78 is 0.916. The number of carbonyl (C=O) groups is 1. The van der Waals surface area contributed by atoms with Crippen molar-refractivity contribution >= 4 is 110 Å². The Hall–Kier alpha value is -0.121. The van der Waals surface area contributed by atoms with E-state index in [-0.39, 0.29) is 147 Å². The monoisotopic (exact) mass is 1220 g/mol. The van der Waals surface area contributed by atoms with E-state index in [0.717, 1.165) is 49.5 Å². The molecule has 3 aromatic carbocycles. The zero-order chi connectivity index (χ0) is 48.0. The smallest absolute Gasteiger partial charge is 1.00 e. The van der Waals surface area contributed by atoms with Gasteiger partial charge in [-0.3, -0.25) is 19.7 Å². The zero-order valence-corrected chi connectivity index (χ0v) is 56.0. The van der Waals surface area contributed by atoms with Crippen molar-refractivity contribution in [2.45, 2.75) is 67.0 Å². The summed E-state index contributed by atoms with van der Waals surface area (Å²) in [6.07, 6.45) is 4.00. The van der Waals surface area contributed by atoms with E-state index in [4.69, 9.17) is 20.1 Å². The fourth-order valence-corrected chi connectivity index (χ4v) is 17.2. The molecule has 20 heteroatoms. The molecule has 0 amide bonds. The molecule has 0 aliphatic heterocycles. The molecule has 69 heavy (non-hydrogen) atoms. The fourth-order valence-electron chi connectivity index (χ4n) is 5.76. The Labute approximate surface area is 528 Å². The van der Waals surface area contributed by atoms with Crippen LogP contribution in [0.3, 0.4) is 0 Å². The maximum absolute atomic E-state index is 8.81. The minimum atomic E-state index is -1.41. The summed E-state index contributed by atoms with van der Waals surface area (Å²) in [6.45, 7) is 21.4. The first kappa shape index (κ1) is 71.0. The third kappa shape index (κ3) is 27.8. The van der Waals surface area contributed by atoms with Crippen molar-refractivity contribution < 1.29 is 150 Å². The molecule has 0 aliphatic rings. The van der Waals surface area contributed by atoms with Gasteiger partial charge in [0.25, 0.3) is 6.47 Å². The number of nitrogens with zero attached hydrogens (tertiary/aromatic N) is 4. The van der Waals surface area contributed by atoms with E-state index in [2.05, 4.69) is 195 Å². The van der Waals surface area contributed by atoms with E-state index >= 15 is 0 Å². The zero-order valence-electron chi connectivity index (χ0n) is 42.7. The number of carbonyl (C=O) groups excluding carboxylic acids is 1. The van der Waals surface area contributed by atoms with E-state index in [9.17, 15) is 0 Å². The van der Waals surface area contributed by atoms with Gasteiger partial charge in [-0.25, -0.2) is 4.98 Å². The second-order valence-corrected chi connectivity index (χ2v) is 35.8. The molecule has 0 spiro atoms. The number of benzene rings is 3. The van der Waals surface area contributed by atoms with Gasteiger partial charge in [0, 0.05) is 75.0 Å². The number of halogens is 1. The van der Waals surface area contributed by atoms with Gasteiger partial charge in [-0.1, -0.05) is 165 Å². The number of aryl methyl sites for hydroxylation is 4. The molecule has 0 saturated carbocycles. The summed E-state index contributed by atoms with van der Waals surface area (Å²) in [6, 6.07) is 48.9. The van der Waals surface area contributed by atoms with Crippen molar-refractivity contribution in [3.05, 3.63) is 179 Å². The van der Waals surface area contributed by atoms with Gasteiger partial charge in [0.05, 0.1) is 21.8 Å². The van der Waals surface area contributed by atoms with Crippen LogP contribution in [0.5, 0.6) is 0 Å². The molecule has 7 rings (SSSR count). The van der Waals surface area contributed by atoms with E-state index in [0.29, 0.717) is 11.2 Å². The molecular weight excluding hydrogens is 1160 g/mol. The van der Waals surface area contributed by atoms with Crippen LogP contribution >= 0.6 is 39.8 Å². The molecule has 0 saturated heterocycles. The average molecular weight is 1220 g/mol. The maximum Gasteiger partial charge on any atom is 1.00 e. The van der Waals surface area contributed by atoms with Crippen molar-refractivity contribution in [2.24, 2.45) is 0 Å². The quantitative estimate of drug-likeness (QED) is 0.0525. The number of hydrogen-bond acceptors (Lipinski definition) is 9. The fraction of sp³-hybridized carbons (Fsp3) is 0.204. The molecule has 0 fully saturated rings. The Morgan fingerprint density at radius 1 is 0.638 bits per heavy atom. The van der Waals surface area contributed by atoms with Crippen molar-refractivity contribution in [1.82, 2.24) is 19.9 Å². The van der Waals surface area contributed by atoms with Crippen molar-refractivity contribution in [3.63, 3.8) is 0 Å². The van der Waals surface area contributed by atoms with E-state index in [1.54, 1.807) is 19.1 Å². The maximum atomic E-state index is 8.81. The van der Waals surface area contributed by atoms with Crippen molar-refractivity contribution in [1.29, 1.82) is 0 Å². The summed E-state index contributed by atoms with van der Waals surface area (Å²) in [5, 5.41) is 33.3. The minimum Gasteiger partial charge on any atom is -1.00 e. The van der Waals surface area contributed by atoms with Crippen molar-refractivity contribution in [2.75, 3.05) is 0 Å². The van der Waals surface area contributed by atoms with Gasteiger partial charge in [-0.05, 0) is 108 Å². The van der Waals surface area contributed by atoms with Crippen LogP contribution in [0.15, 0.2) is 157 Å². The molecule has 355 valence electrons. The summed E-state index contributed by atoms with van der Waals surface area (Å²) in [4.78, 5) is 28.6. The second-order valence-electron chi connectivity index (χ2n) is 16.7. The van der Waals surface area contributed by atoms with Crippen LogP contribution in [0.25, 0.3) is 11.3 Å². The van der Waals surface area contributed by atoms with Crippen LogP contribution in [0.1, 0.15) is 24.2 Å². The van der Waals surface area contributed by atoms with Gasteiger partial charge in [0.1, 0.15) is 4.60 Å². The first-order valence-corrected chi connectivity index (χ1v) is 33.7. The van der Waals surface area contributed by atoms with Gasteiger partial charge in [-0.2, -0.15) is 0 Å². The number of aromatic nitrogens is 4. The van der Waals surface area contributed by atoms with Crippen LogP contribution < -0.4 is 140 Å². The topological polar surface area (TPSA) is 141 Å². The van der Waals surface area contributed by atoms with Gasteiger partial charge >= 0.3 is 110 Å². The summed E-state index contributed by atoms with van der Waals surface area (Å²) in [7, 11) is -2.21. The SMILES string of the molecule is C[Si](C)(C)c1ccc(Br)nc1.Cc1ccc(-c2ccc([Si](C)(C)C)cn2)c(C)n1.Cc1ccc(B(O)O)c(C)n1.O=CO[O-].[B].[H-].[K+].[K+].[Pd].c1ccc(PP(Pc2ccccc2)c2ccccc2)cc1. The third-order valence-electron chi connectivity index (χ3n) is 9.35. The first-order chi connectivity index (χ1) is 30.8. The molecule has 4 heterocycles. The predicted molar refractivity (Wildman–Crippen MR) is 294 cm³/mol. The van der Waals surface area contributed by atoms with E-state index < -0.39 is 23.3 Å². The molecule has 0 aliphatic carbocycles. The number of hydrogen-bond donors (Lipinski definition) is 2. The van der Waals surface area contributed by atoms with Crippen LogP contribution in [0.2, 0.25) is 39.3 Å². The van der Waals surface area contributed by atoms with Crippen LogP contribution in [-0.2, 0) is 30.1 Å². The summed E-state index contributed by atoms with van der Waals surface area (Å²) in [5.74, 6) is 0. The standard InChI is InChI=1S/C18H17P3.C15H20N2Si.C8H12BrNSi.C7H10BNO2.CH2O3.B.2K.Pd.H/c1-4-10-16(11-5-1)19-21(18-14-8-3-9-15-18)20-17-12-6-2-7-13-17;1-11-6-8-14(12(2)17-11)15-9-7-13(10-16-15)18(3,4)5;1-11(2,3)7-4-5-8(9)10-6-7;1-5-3-4-7(8(10)11)6(2)9-5;2-1-4-3;;;;;/h1-15,19-20H;6-10H,1-5H3;4-6H,1-3H3;3-4,10-11H,1-2H3;1,3H;;;;;/q;;;;;;2*+1;;-1/p-1. The molecule has 9 nitrogen and oxygen atoms in total. The Morgan fingerprint density at radius 2 is 1.06 bits per heavy atom. The third-order valence-corrected chi connectivity index (χ3v) is 22.8. The molecule has 0 bridgehead atoms. The molecule has 7 aromatic rings. The Balaban J connectivity index is -0.000000840. The van der Waals surface area contributed by atoms with Crippen LogP contribution in [0, 0.1) is 27.7 Å². The molecular formula is C49H61B2BrK2N4O5P3PdSi2. The number of pyridine rings is 4. The summed E-state index contributed by atoms with van der Waals surface area (Å²) in [5.41, 5.74) is 6.26. The molecule has 2 unspecified atom stereocenters. The second kappa shape index (κ2) is 37.6. The Kier molecular flexibility index (Phi) is 38.6. The normalized spacial score (nSPS) is 10.8.